The van der Waals surface area contributed by atoms with Crippen molar-refractivity contribution < 1.29 is 73.0 Å². The van der Waals surface area contributed by atoms with Crippen molar-refractivity contribution in [3.05, 3.63) is 34.9 Å². The van der Waals surface area contributed by atoms with Crippen LogP contribution in [-0.4, -0.2) is 108 Å². The maximum Gasteiger partial charge on any atom is 0.427 e. The number of hydrogen-bond donors (Lipinski definition) is 4. The zero-order valence-electron chi connectivity index (χ0n) is 32.2. The Morgan fingerprint density at radius 3 is 2.24 bits per heavy atom. The van der Waals surface area contributed by atoms with Crippen LogP contribution in [0.5, 0.6) is 0 Å². The molecule has 0 aromatic rings. The summed E-state index contributed by atoms with van der Waals surface area (Å²) in [5.74, 6) is -7.43. The van der Waals surface area contributed by atoms with Crippen LogP contribution in [0.3, 0.4) is 0 Å². The summed E-state index contributed by atoms with van der Waals surface area (Å²) in [6.45, 7) is 3.46. The Balaban J connectivity index is 1.49. The average Bonchev–Trinajstić information content (AvgIpc) is 3.99. The topological polar surface area (TPSA) is 188 Å². The average molecular weight is 857 g/mol. The molecular weight excluding hydrogens is 809 g/mol. The fraction of sp³-hybridized carbons (Fsp3) is 0.703. The van der Waals surface area contributed by atoms with E-state index < -0.39 is 122 Å². The van der Waals surface area contributed by atoms with Crippen molar-refractivity contribution in [2.45, 2.75) is 119 Å². The number of carboxylic acids is 1. The SMILES string of the molecule is C[C@@H]1CC/C=C\[C@@H]2C[C@@]2(C(=O)NS(=O)(=O)C2(CF)CC2)NC(=O)[C@@H]2C[C@H](C3=CC(=O)[C@@H](NC(=O)OC(C)(C)C(F)(F)F)C(C(=O)O)=C3C(F)(F)F)CN2CC[C@H](C)C1. The number of carbonyl (C=O) groups excluding carboxylic acids is 4. The third kappa shape index (κ3) is 9.08. The molecule has 13 nitrogen and oxygen atoms in total. The molecule has 0 aromatic carbocycles. The fourth-order valence-electron chi connectivity index (χ4n) is 8.02. The van der Waals surface area contributed by atoms with Crippen molar-refractivity contribution in [1.82, 2.24) is 20.3 Å². The number of hydrogen-bond acceptors (Lipinski definition) is 9. The molecule has 1 saturated heterocycles. The van der Waals surface area contributed by atoms with Crippen molar-refractivity contribution in [2.24, 2.45) is 23.7 Å². The Bertz CT molecular complexity index is 1910. The second-order valence-corrected chi connectivity index (χ2v) is 18.9. The molecule has 3 amide bonds. The van der Waals surface area contributed by atoms with Gasteiger partial charge in [0.15, 0.2) is 5.78 Å². The number of rotatable bonds is 8. The quantitative estimate of drug-likeness (QED) is 0.195. The highest BCUT2D eigenvalue weighted by Crippen LogP contribution is 2.49. The zero-order chi connectivity index (χ0) is 43.4. The van der Waals surface area contributed by atoms with Gasteiger partial charge in [0.1, 0.15) is 23.0 Å². The first-order valence-corrected chi connectivity index (χ1v) is 20.4. The second kappa shape index (κ2) is 15.9. The minimum Gasteiger partial charge on any atom is -0.478 e. The van der Waals surface area contributed by atoms with Gasteiger partial charge in [-0.2, -0.15) is 26.3 Å². The predicted molar refractivity (Wildman–Crippen MR) is 191 cm³/mol. The van der Waals surface area contributed by atoms with E-state index in [-0.39, 0.29) is 44.2 Å². The molecule has 21 heteroatoms. The minimum atomic E-state index is -5.50. The van der Waals surface area contributed by atoms with E-state index in [0.29, 0.717) is 32.8 Å². The van der Waals surface area contributed by atoms with Gasteiger partial charge in [-0.1, -0.05) is 26.0 Å². The first-order valence-electron chi connectivity index (χ1n) is 18.9. The Morgan fingerprint density at radius 1 is 1.03 bits per heavy atom. The highest BCUT2D eigenvalue weighted by molar-refractivity contribution is 7.91. The van der Waals surface area contributed by atoms with Crippen LogP contribution in [0.4, 0.5) is 35.5 Å². The summed E-state index contributed by atoms with van der Waals surface area (Å²) in [5.41, 5.74) is -9.33. The van der Waals surface area contributed by atoms with Crippen molar-refractivity contribution in [3.63, 3.8) is 0 Å². The third-order valence-corrected chi connectivity index (χ3v) is 14.0. The highest BCUT2D eigenvalue weighted by Gasteiger charge is 2.64. The van der Waals surface area contributed by atoms with Crippen molar-refractivity contribution >= 4 is 39.7 Å². The van der Waals surface area contributed by atoms with Crippen molar-refractivity contribution in [2.75, 3.05) is 19.8 Å². The molecule has 324 valence electrons. The van der Waals surface area contributed by atoms with Crippen LogP contribution < -0.4 is 15.4 Å². The first kappa shape index (κ1) is 45.1. The maximum absolute atomic E-state index is 15.0. The van der Waals surface area contributed by atoms with Gasteiger partial charge in [-0.25, -0.2) is 22.4 Å². The predicted octanol–water partition coefficient (Wildman–Crippen LogP) is 4.79. The van der Waals surface area contributed by atoms with E-state index in [4.69, 9.17) is 0 Å². The largest absolute Gasteiger partial charge is 0.478 e. The molecule has 2 heterocycles. The number of amides is 3. The maximum atomic E-state index is 15.0. The number of nitrogens with zero attached hydrogens (tertiary/aromatic N) is 1. The Kier molecular flexibility index (Phi) is 12.3. The molecule has 58 heavy (non-hydrogen) atoms. The van der Waals surface area contributed by atoms with Crippen LogP contribution in [0.2, 0.25) is 0 Å². The summed E-state index contributed by atoms with van der Waals surface area (Å²) < 4.78 is 129. The number of alkyl carbamates (subject to hydrolysis) is 1. The lowest BCUT2D eigenvalue weighted by Gasteiger charge is -2.31. The number of allylic oxidation sites excluding steroid dienone is 2. The van der Waals surface area contributed by atoms with Gasteiger partial charge in [-0.05, 0) is 101 Å². The van der Waals surface area contributed by atoms with Gasteiger partial charge in [0, 0.05) is 12.5 Å². The molecule has 7 atom stereocenters. The molecule has 0 unspecified atom stereocenters. The molecule has 5 aliphatic rings. The highest BCUT2D eigenvalue weighted by atomic mass is 32.2. The molecule has 5 rings (SSSR count). The number of halogens is 7. The van der Waals surface area contributed by atoms with E-state index in [1.54, 1.807) is 16.3 Å². The van der Waals surface area contributed by atoms with Gasteiger partial charge in [0.2, 0.25) is 21.5 Å². The van der Waals surface area contributed by atoms with Crippen molar-refractivity contribution in [3.8, 4) is 0 Å². The molecule has 0 radical (unpaired) electrons. The van der Waals surface area contributed by atoms with Gasteiger partial charge in [0.05, 0.1) is 17.2 Å². The van der Waals surface area contributed by atoms with Gasteiger partial charge < -0.3 is 20.5 Å². The normalized spacial score (nSPS) is 31.7. The first-order chi connectivity index (χ1) is 26.7. The monoisotopic (exact) mass is 856 g/mol. The Morgan fingerprint density at radius 2 is 1.67 bits per heavy atom. The number of aliphatic carboxylic acids is 1. The Labute approximate surface area is 330 Å². The van der Waals surface area contributed by atoms with E-state index in [9.17, 15) is 68.2 Å². The number of sulfonamides is 1. The minimum absolute atomic E-state index is 0.0166. The molecule has 2 saturated carbocycles. The molecule has 0 bridgehead atoms. The molecule has 2 aliphatic heterocycles. The molecule has 0 aromatic heterocycles. The lowest BCUT2D eigenvalue weighted by atomic mass is 9.79. The van der Waals surface area contributed by atoms with Crippen LogP contribution in [0, 0.1) is 23.7 Å². The van der Waals surface area contributed by atoms with Crippen molar-refractivity contribution in [1.29, 1.82) is 0 Å². The number of carboxylic acid groups (broad SMARTS) is 1. The smallest absolute Gasteiger partial charge is 0.427 e. The van der Waals surface area contributed by atoms with Crippen LogP contribution >= 0.6 is 0 Å². The lowest BCUT2D eigenvalue weighted by molar-refractivity contribution is -0.244. The molecule has 3 aliphatic carbocycles. The van der Waals surface area contributed by atoms with Gasteiger partial charge in [-0.3, -0.25) is 24.0 Å². The molecule has 3 fully saturated rings. The number of nitrogens with one attached hydrogen (secondary N) is 3. The number of ether oxygens (including phenoxy) is 1. The summed E-state index contributed by atoms with van der Waals surface area (Å²) in [7, 11) is -4.51. The van der Waals surface area contributed by atoms with E-state index in [0.717, 1.165) is 12.8 Å². The summed E-state index contributed by atoms with van der Waals surface area (Å²) in [6, 6.07) is -3.88. The van der Waals surface area contributed by atoms with E-state index in [2.05, 4.69) is 10.1 Å². The molecule has 4 N–H and O–H groups in total. The summed E-state index contributed by atoms with van der Waals surface area (Å²) in [4.78, 5) is 67.8. The summed E-state index contributed by atoms with van der Waals surface area (Å²) >= 11 is 0. The van der Waals surface area contributed by atoms with Crippen LogP contribution in [0.1, 0.15) is 79.1 Å². The van der Waals surface area contributed by atoms with Gasteiger partial charge >= 0.3 is 24.4 Å². The Hall–Kier alpha value is -4.01. The fourth-order valence-corrected chi connectivity index (χ4v) is 9.44. The van der Waals surface area contributed by atoms with E-state index in [1.807, 2.05) is 24.6 Å². The number of ketones is 1. The number of carbonyl (C=O) groups is 5. The van der Waals surface area contributed by atoms with Crippen LogP contribution in [0.15, 0.2) is 34.9 Å². The van der Waals surface area contributed by atoms with Gasteiger partial charge in [-0.15, -0.1) is 0 Å². The number of alkyl halides is 7. The summed E-state index contributed by atoms with van der Waals surface area (Å²) in [5, 5.41) is 14.2. The van der Waals surface area contributed by atoms with Crippen LogP contribution in [0.25, 0.3) is 0 Å². The van der Waals surface area contributed by atoms with Gasteiger partial charge in [0.25, 0.3) is 5.91 Å². The molecular formula is C37H47F7N4O9S. The van der Waals surface area contributed by atoms with E-state index in [1.165, 1.54) is 0 Å². The molecule has 0 spiro atoms. The van der Waals surface area contributed by atoms with Crippen LogP contribution in [-0.2, 0) is 33.9 Å². The second-order valence-electron chi connectivity index (χ2n) is 16.8. The lowest BCUT2D eigenvalue weighted by Crippen LogP contribution is -2.57. The third-order valence-electron chi connectivity index (χ3n) is 11.9. The standard InChI is InChI=1S/C37H47F7N4O9S/c1-19-7-5-6-8-22-16-35(22,31(53)47-58(55,56)34(18-38)10-11-34)46-29(50)24-14-21(17-48(24)12-9-20(2)13-19)23-15-25(49)28(26(30(51)52)27(23)36(39,40)41)45-32(54)57-33(3,4)37(42,43)44/h6,8,15,19-22,24,28H,5,7,9-14,16-18H2,1-4H3,(H,45,54)(H,46,50)(H,47,53)(H,51,52)/b8-6-/t19-,20+,21+,22-,24+,28-,35-/m1/s1. The van der Waals surface area contributed by atoms with E-state index >= 15 is 0 Å². The zero-order valence-corrected chi connectivity index (χ0v) is 33.0. The number of fused-ring (bicyclic) bond motifs is 2. The summed E-state index contributed by atoms with van der Waals surface area (Å²) in [6.07, 6.45) is -6.63.